The van der Waals surface area contributed by atoms with Gasteiger partial charge in [0, 0.05) is 89.5 Å². The molecule has 1 atom stereocenters. The lowest BCUT2D eigenvalue weighted by Crippen LogP contribution is -2.35. The van der Waals surface area contributed by atoms with Crippen LogP contribution < -0.4 is 21.1 Å². The molecule has 312 valence electrons. The molecule has 1 saturated heterocycles. The number of aromatic nitrogens is 5. The molecular formula is C45H46N10O6. The summed E-state index contributed by atoms with van der Waals surface area (Å²) in [6, 6.07) is 14.3. The molecule has 2 aliphatic rings. The van der Waals surface area contributed by atoms with E-state index in [1.807, 2.05) is 31.2 Å². The first-order valence-electron chi connectivity index (χ1n) is 19.9. The van der Waals surface area contributed by atoms with Gasteiger partial charge in [0.25, 0.3) is 17.7 Å². The molecule has 2 aromatic carbocycles. The van der Waals surface area contributed by atoms with Crippen LogP contribution in [0.3, 0.4) is 0 Å². The minimum atomic E-state index is -0.412. The summed E-state index contributed by atoms with van der Waals surface area (Å²) in [5, 5.41) is 6.53. The van der Waals surface area contributed by atoms with Crippen molar-refractivity contribution in [2.45, 2.75) is 45.2 Å². The van der Waals surface area contributed by atoms with Crippen LogP contribution in [0, 0.1) is 6.92 Å². The summed E-state index contributed by atoms with van der Waals surface area (Å²) in [6.45, 7) is 7.09. The van der Waals surface area contributed by atoms with Crippen molar-refractivity contribution >= 4 is 63.7 Å². The normalized spacial score (nSPS) is 14.6. The maximum Gasteiger partial charge on any atom is 0.279 e. The maximum atomic E-state index is 13.5. The molecule has 3 amide bonds. The van der Waals surface area contributed by atoms with E-state index < -0.39 is 5.91 Å². The third-order valence-corrected chi connectivity index (χ3v) is 11.0. The monoisotopic (exact) mass is 822 g/mol. The Bertz CT molecular complexity index is 2820. The van der Waals surface area contributed by atoms with Gasteiger partial charge in [-0.15, -0.1) is 0 Å². The van der Waals surface area contributed by atoms with E-state index in [1.165, 1.54) is 0 Å². The lowest BCUT2D eigenvalue weighted by molar-refractivity contribution is -0.116. The van der Waals surface area contributed by atoms with E-state index in [4.69, 9.17) is 10.5 Å². The lowest BCUT2D eigenvalue weighted by atomic mass is 10.1. The first-order chi connectivity index (χ1) is 29.3. The number of nitrogens with zero attached hydrogens (tertiary/aromatic N) is 7. The summed E-state index contributed by atoms with van der Waals surface area (Å²) in [5.74, 6) is -0.341. The quantitative estimate of drug-likeness (QED) is 0.0776. The Morgan fingerprint density at radius 3 is 2.54 bits per heavy atom. The van der Waals surface area contributed by atoms with Crippen LogP contribution in [-0.2, 0) is 38.9 Å². The average Bonchev–Trinajstić information content (AvgIpc) is 4.05. The van der Waals surface area contributed by atoms with E-state index in [0.717, 1.165) is 27.6 Å². The minimum absolute atomic E-state index is 0.0333. The molecule has 16 nitrogen and oxygen atoms in total. The molecule has 0 spiro atoms. The molecule has 6 heterocycles. The third-order valence-electron chi connectivity index (χ3n) is 11.0. The Kier molecular flexibility index (Phi) is 10.9. The number of benzene rings is 2. The van der Waals surface area contributed by atoms with Crippen LogP contribution in [0.5, 0.6) is 5.75 Å². The molecule has 8 rings (SSSR count). The second kappa shape index (κ2) is 16.4. The summed E-state index contributed by atoms with van der Waals surface area (Å²) >= 11 is 0. The van der Waals surface area contributed by atoms with Crippen molar-refractivity contribution in [3.63, 3.8) is 0 Å². The minimum Gasteiger partial charge on any atom is -0.493 e. The van der Waals surface area contributed by atoms with Crippen LogP contribution in [0.4, 0.5) is 17.2 Å². The fourth-order valence-electron chi connectivity index (χ4n) is 7.90. The van der Waals surface area contributed by atoms with E-state index in [2.05, 4.69) is 27.2 Å². The third kappa shape index (κ3) is 8.17. The second-order valence-corrected chi connectivity index (χ2v) is 15.6. The van der Waals surface area contributed by atoms with Gasteiger partial charge in [0.05, 0.1) is 35.1 Å². The molecule has 6 aromatic rings. The number of amides is 3. The number of carbonyl (C=O) groups is 5. The first-order valence-corrected chi connectivity index (χ1v) is 19.9. The van der Waals surface area contributed by atoms with Crippen LogP contribution in [0.1, 0.15) is 77.9 Å². The zero-order valence-electron chi connectivity index (χ0n) is 34.4. The van der Waals surface area contributed by atoms with E-state index in [9.17, 15) is 24.0 Å². The van der Waals surface area contributed by atoms with E-state index in [0.29, 0.717) is 65.6 Å². The van der Waals surface area contributed by atoms with Gasteiger partial charge in [0.2, 0.25) is 11.7 Å². The van der Waals surface area contributed by atoms with Crippen LogP contribution >= 0.6 is 0 Å². The van der Waals surface area contributed by atoms with Gasteiger partial charge in [-0.2, -0.15) is 0 Å². The number of fused-ring (bicyclic) bond motifs is 3. The van der Waals surface area contributed by atoms with Gasteiger partial charge in [-0.25, -0.2) is 4.98 Å². The molecule has 61 heavy (non-hydrogen) atoms. The molecule has 1 fully saturated rings. The van der Waals surface area contributed by atoms with Gasteiger partial charge >= 0.3 is 0 Å². The lowest BCUT2D eigenvalue weighted by Gasteiger charge is -2.20. The van der Waals surface area contributed by atoms with Crippen LogP contribution in [0.2, 0.25) is 0 Å². The van der Waals surface area contributed by atoms with Crippen LogP contribution in [0.25, 0.3) is 10.9 Å². The zero-order chi connectivity index (χ0) is 43.1. The van der Waals surface area contributed by atoms with Crippen LogP contribution in [0.15, 0.2) is 90.5 Å². The van der Waals surface area contributed by atoms with Gasteiger partial charge in [0.15, 0.2) is 11.6 Å². The second-order valence-electron chi connectivity index (χ2n) is 15.6. The average molecular weight is 823 g/mol. The van der Waals surface area contributed by atoms with Crippen molar-refractivity contribution in [3.05, 3.63) is 125 Å². The highest BCUT2D eigenvalue weighted by Crippen LogP contribution is 2.35. The van der Waals surface area contributed by atoms with Crippen molar-refractivity contribution in [2.24, 2.45) is 31.9 Å². The Balaban J connectivity index is 0.830. The number of hydrogen-bond acceptors (Lipinski definition) is 9. The fourth-order valence-corrected chi connectivity index (χ4v) is 7.90. The number of rotatable bonds is 13. The summed E-state index contributed by atoms with van der Waals surface area (Å²) in [4.78, 5) is 77.1. The molecule has 2 aliphatic heterocycles. The number of Topliss-reactive ketones (excluding diaryl/α,β-unsaturated/α-hetero) is 1. The highest BCUT2D eigenvalue weighted by Gasteiger charge is 2.34. The zero-order valence-corrected chi connectivity index (χ0v) is 34.4. The number of carbonyl (C=O) groups excluding carboxylic acids is 5. The number of hydrogen-bond donors (Lipinski definition) is 3. The SMILES string of the molecule is C=C1C[C@H]2C=Nc3cc(OCCCC(=O)Nc4cn(C)c(C(=O)Cc5cc(C(=O)Nc6cc(C(=O)n7ccc8cc(CN)ccc87)n(C)c6)n(C)c5)n4)c(C)cc3C(=O)N2C1. The molecule has 0 radical (unpaired) electrons. The first kappa shape index (κ1) is 40.4. The molecule has 4 aromatic heterocycles. The molecule has 0 saturated carbocycles. The van der Waals surface area contributed by atoms with Crippen molar-refractivity contribution in [1.29, 1.82) is 0 Å². The van der Waals surface area contributed by atoms with Crippen molar-refractivity contribution in [2.75, 3.05) is 23.8 Å². The van der Waals surface area contributed by atoms with Crippen molar-refractivity contribution in [3.8, 4) is 5.75 Å². The number of aryl methyl sites for hydroxylation is 4. The molecular weight excluding hydrogens is 777 g/mol. The maximum absolute atomic E-state index is 13.5. The van der Waals surface area contributed by atoms with E-state index in [-0.39, 0.29) is 60.6 Å². The van der Waals surface area contributed by atoms with Crippen LogP contribution in [-0.4, -0.2) is 83.0 Å². The Labute approximate surface area is 351 Å². The van der Waals surface area contributed by atoms with E-state index in [1.54, 1.807) is 99.6 Å². The van der Waals surface area contributed by atoms with Gasteiger partial charge < -0.3 is 39.7 Å². The number of anilines is 2. The highest BCUT2D eigenvalue weighted by molar-refractivity contribution is 6.06. The van der Waals surface area contributed by atoms with E-state index >= 15 is 0 Å². The summed E-state index contributed by atoms with van der Waals surface area (Å²) in [6.07, 6.45) is 9.68. The summed E-state index contributed by atoms with van der Waals surface area (Å²) in [7, 11) is 5.12. The van der Waals surface area contributed by atoms with Gasteiger partial charge in [0.1, 0.15) is 17.1 Å². The van der Waals surface area contributed by atoms with Gasteiger partial charge in [-0.1, -0.05) is 18.2 Å². The fraction of sp³-hybridized carbons (Fsp3) is 0.267. The molecule has 4 N–H and O–H groups in total. The highest BCUT2D eigenvalue weighted by atomic mass is 16.5. The Morgan fingerprint density at radius 1 is 0.934 bits per heavy atom. The predicted molar refractivity (Wildman–Crippen MR) is 231 cm³/mol. The molecule has 16 heteroatoms. The summed E-state index contributed by atoms with van der Waals surface area (Å²) < 4.78 is 12.4. The Morgan fingerprint density at radius 2 is 1.74 bits per heavy atom. The number of nitrogens with two attached hydrogens (primary N) is 1. The summed E-state index contributed by atoms with van der Waals surface area (Å²) in [5.41, 5.74) is 12.1. The molecule has 0 bridgehead atoms. The number of imidazole rings is 1. The predicted octanol–water partition coefficient (Wildman–Crippen LogP) is 5.47. The molecule has 0 unspecified atom stereocenters. The van der Waals surface area contributed by atoms with Crippen molar-refractivity contribution < 1.29 is 28.7 Å². The number of ether oxygens (including phenoxy) is 1. The smallest absolute Gasteiger partial charge is 0.279 e. The van der Waals surface area contributed by atoms with Gasteiger partial charge in [-0.05, 0) is 72.9 Å². The number of aliphatic imine (C=N–C) groups is 1. The Hall–Kier alpha value is -7.33. The topological polar surface area (TPSA) is 193 Å². The van der Waals surface area contributed by atoms with Crippen molar-refractivity contribution in [1.82, 2.24) is 28.2 Å². The number of ketones is 1. The standard InChI is InChI=1S/C45H46N10O6/c1-26-13-32-21-47-34-19-39(27(2)14-33(34)44(59)55(32)22-26)61-12-6-7-41(57)49-40-25-53(5)42(50-40)38(56)17-29-16-36(51(3)23-29)43(58)48-31-18-37(52(4)24-31)45(60)54-11-10-30-15-28(20-46)8-9-35(30)54/h8-11,14-16,18-19,21,23-25,32H,1,6-7,12-13,17,20,22,46H2,2-5H3,(H,48,58)(H,49,57)/t32-/m0/s1. The largest absolute Gasteiger partial charge is 0.493 e. The van der Waals surface area contributed by atoms with Gasteiger partial charge in [-0.3, -0.25) is 33.5 Å². The molecule has 0 aliphatic carbocycles. The number of nitrogens with one attached hydrogen (secondary N) is 2.